The molecule has 34 heavy (non-hydrogen) atoms. The lowest BCUT2D eigenvalue weighted by atomic mass is 9.75. The van der Waals surface area contributed by atoms with Crippen molar-refractivity contribution in [2.24, 2.45) is 5.41 Å². The number of aromatic amines is 1. The lowest BCUT2D eigenvalue weighted by Gasteiger charge is -2.28. The summed E-state index contributed by atoms with van der Waals surface area (Å²) in [6, 6.07) is 5.44. The highest BCUT2D eigenvalue weighted by Gasteiger charge is 2.35. The van der Waals surface area contributed by atoms with Crippen molar-refractivity contribution in [3.8, 4) is 0 Å². The summed E-state index contributed by atoms with van der Waals surface area (Å²) in [4.78, 5) is 42.5. The zero-order valence-corrected chi connectivity index (χ0v) is 20.9. The molecule has 0 aliphatic heterocycles. The summed E-state index contributed by atoms with van der Waals surface area (Å²) < 4.78 is 0. The number of aryl methyl sites for hydroxylation is 1. The van der Waals surface area contributed by atoms with Gasteiger partial charge >= 0.3 is 0 Å². The first-order chi connectivity index (χ1) is 16.2. The number of fused-ring (bicyclic) bond motifs is 2. The second kappa shape index (κ2) is 9.77. The number of nitrogens with one attached hydrogen (secondary N) is 3. The van der Waals surface area contributed by atoms with Crippen molar-refractivity contribution in [3.05, 3.63) is 51.8 Å². The van der Waals surface area contributed by atoms with Gasteiger partial charge in [-0.3, -0.25) is 14.4 Å². The number of benzene rings is 1. The molecule has 0 spiro atoms. The number of H-pyrrole nitrogens is 1. The van der Waals surface area contributed by atoms with Crippen LogP contribution in [0.1, 0.15) is 103 Å². The Bertz CT molecular complexity index is 1110. The lowest BCUT2D eigenvalue weighted by molar-refractivity contribution is -0.118. The Kier molecular flexibility index (Phi) is 6.96. The van der Waals surface area contributed by atoms with Gasteiger partial charge in [0.15, 0.2) is 5.78 Å². The number of carbonyl (C=O) groups is 3. The minimum Gasteiger partial charge on any atom is -0.354 e. The molecule has 2 aliphatic rings. The number of rotatable bonds is 7. The predicted molar refractivity (Wildman–Crippen MR) is 134 cm³/mol. The quantitative estimate of drug-likeness (QED) is 0.521. The van der Waals surface area contributed by atoms with Crippen LogP contribution in [0.5, 0.6) is 0 Å². The molecule has 0 fully saturated rings. The first kappa shape index (κ1) is 24.2. The largest absolute Gasteiger partial charge is 0.354 e. The molecule has 1 aromatic carbocycles. The molecule has 0 bridgehead atoms. The summed E-state index contributed by atoms with van der Waals surface area (Å²) in [5, 5.41) is 6.06. The highest BCUT2D eigenvalue weighted by atomic mass is 16.2. The Hall–Kier alpha value is -2.89. The zero-order valence-electron chi connectivity index (χ0n) is 20.9. The predicted octanol–water partition coefficient (Wildman–Crippen LogP) is 5.28. The number of carbonyl (C=O) groups excluding carboxylic acids is 3. The van der Waals surface area contributed by atoms with E-state index in [0.717, 1.165) is 49.9 Å². The first-order valence-corrected chi connectivity index (χ1v) is 12.7. The van der Waals surface area contributed by atoms with Crippen LogP contribution in [0.2, 0.25) is 0 Å². The third-order valence-corrected chi connectivity index (χ3v) is 7.25. The lowest BCUT2D eigenvalue weighted by Crippen LogP contribution is -2.44. The van der Waals surface area contributed by atoms with Crippen LogP contribution < -0.4 is 10.6 Å². The molecule has 6 heteroatoms. The highest BCUT2D eigenvalue weighted by Crippen LogP contribution is 2.36. The van der Waals surface area contributed by atoms with Crippen LogP contribution in [0.15, 0.2) is 18.2 Å². The van der Waals surface area contributed by atoms with Crippen molar-refractivity contribution < 1.29 is 14.4 Å². The fourth-order valence-corrected chi connectivity index (χ4v) is 5.49. The van der Waals surface area contributed by atoms with Gasteiger partial charge in [-0.25, -0.2) is 0 Å². The summed E-state index contributed by atoms with van der Waals surface area (Å²) in [7, 11) is 0. The molecule has 1 aromatic heterocycles. The van der Waals surface area contributed by atoms with Gasteiger partial charge in [0, 0.05) is 23.4 Å². The topological polar surface area (TPSA) is 91.1 Å². The number of amides is 2. The second-order valence-electron chi connectivity index (χ2n) is 10.7. The van der Waals surface area contributed by atoms with E-state index in [1.165, 1.54) is 17.5 Å². The van der Waals surface area contributed by atoms with Gasteiger partial charge in [-0.05, 0) is 73.6 Å². The van der Waals surface area contributed by atoms with E-state index in [2.05, 4.69) is 42.5 Å². The molecule has 0 radical (unpaired) electrons. The monoisotopic (exact) mass is 463 g/mol. The Labute approximate surface area is 202 Å². The minimum absolute atomic E-state index is 0.0770. The van der Waals surface area contributed by atoms with Crippen molar-refractivity contribution >= 4 is 23.3 Å². The van der Waals surface area contributed by atoms with E-state index in [1.54, 1.807) is 0 Å². The summed E-state index contributed by atoms with van der Waals surface area (Å²) >= 11 is 0. The van der Waals surface area contributed by atoms with Gasteiger partial charge in [-0.2, -0.15) is 0 Å². The van der Waals surface area contributed by atoms with Crippen molar-refractivity contribution in [1.29, 1.82) is 0 Å². The zero-order chi connectivity index (χ0) is 24.5. The maximum atomic E-state index is 13.3. The van der Waals surface area contributed by atoms with Gasteiger partial charge in [0.25, 0.3) is 5.91 Å². The van der Waals surface area contributed by atoms with Crippen LogP contribution in [-0.4, -0.2) is 28.6 Å². The van der Waals surface area contributed by atoms with Crippen molar-refractivity contribution in [2.45, 2.75) is 91.5 Å². The molecule has 3 N–H and O–H groups in total. The molecule has 182 valence electrons. The molecule has 0 saturated carbocycles. The highest BCUT2D eigenvalue weighted by molar-refractivity contribution is 6.06. The standard InChI is InChI=1S/C28H37N3O3/c1-5-6-13-21(26(33)30-20-14-9-11-18-10-7-8-12-19(18)20)31-27(34)25-17(2)24-22(29-25)15-28(3,4)16-23(24)32/h9,11,14,21,29H,5-8,10,12-13,15-16H2,1-4H3,(H,30,33)(H,31,34). The second-order valence-corrected chi connectivity index (χ2v) is 10.7. The van der Waals surface area contributed by atoms with Crippen molar-refractivity contribution in [3.63, 3.8) is 0 Å². The maximum Gasteiger partial charge on any atom is 0.268 e. The van der Waals surface area contributed by atoms with Gasteiger partial charge in [0.05, 0.1) is 0 Å². The van der Waals surface area contributed by atoms with Crippen molar-refractivity contribution in [2.75, 3.05) is 5.32 Å². The number of hydrogen-bond acceptors (Lipinski definition) is 3. The number of hydrogen-bond donors (Lipinski definition) is 3. The molecule has 1 unspecified atom stereocenters. The van der Waals surface area contributed by atoms with Crippen LogP contribution in [0.4, 0.5) is 5.69 Å². The van der Waals surface area contributed by atoms with E-state index >= 15 is 0 Å². The van der Waals surface area contributed by atoms with E-state index in [1.807, 2.05) is 19.1 Å². The maximum absolute atomic E-state index is 13.3. The van der Waals surface area contributed by atoms with E-state index in [9.17, 15) is 14.4 Å². The van der Waals surface area contributed by atoms with Crippen LogP contribution >= 0.6 is 0 Å². The van der Waals surface area contributed by atoms with Crippen LogP contribution in [0.25, 0.3) is 0 Å². The molecular formula is C28H37N3O3. The SMILES string of the molecule is CCCCC(NC(=O)c1[nH]c2c(c1C)C(=O)CC(C)(C)C2)C(=O)Nc1cccc2c1CCCC2. The Morgan fingerprint density at radius 3 is 2.68 bits per heavy atom. The average molecular weight is 464 g/mol. The number of ketones is 1. The van der Waals surface area contributed by atoms with Crippen LogP contribution in [-0.2, 0) is 24.1 Å². The third kappa shape index (κ3) is 4.96. The third-order valence-electron chi connectivity index (χ3n) is 7.25. The smallest absolute Gasteiger partial charge is 0.268 e. The minimum atomic E-state index is -0.640. The number of anilines is 1. The molecule has 2 amide bonds. The van der Waals surface area contributed by atoms with Gasteiger partial charge < -0.3 is 15.6 Å². The van der Waals surface area contributed by atoms with E-state index in [0.29, 0.717) is 29.7 Å². The molecule has 6 nitrogen and oxygen atoms in total. The van der Waals surface area contributed by atoms with Gasteiger partial charge in [-0.15, -0.1) is 0 Å². The van der Waals surface area contributed by atoms with Gasteiger partial charge in [0.2, 0.25) is 5.91 Å². The Morgan fingerprint density at radius 2 is 1.91 bits per heavy atom. The van der Waals surface area contributed by atoms with E-state index in [-0.39, 0.29) is 23.0 Å². The number of aromatic nitrogens is 1. The molecule has 2 aliphatic carbocycles. The van der Waals surface area contributed by atoms with Crippen LogP contribution in [0.3, 0.4) is 0 Å². The molecule has 1 heterocycles. The molecular weight excluding hydrogens is 426 g/mol. The Balaban J connectivity index is 1.54. The molecule has 0 saturated heterocycles. The number of unbranched alkanes of at least 4 members (excludes halogenated alkanes) is 1. The first-order valence-electron chi connectivity index (χ1n) is 12.7. The fraction of sp³-hybridized carbons (Fsp3) is 0.536. The molecule has 2 aromatic rings. The summed E-state index contributed by atoms with van der Waals surface area (Å²) in [5.74, 6) is -0.441. The summed E-state index contributed by atoms with van der Waals surface area (Å²) in [6.45, 7) is 8.02. The Morgan fingerprint density at radius 1 is 1.15 bits per heavy atom. The number of Topliss-reactive ketones (excluding diaryl/α,β-unsaturated/α-hetero) is 1. The van der Waals surface area contributed by atoms with E-state index in [4.69, 9.17) is 0 Å². The fourth-order valence-electron chi connectivity index (χ4n) is 5.49. The molecule has 1 atom stereocenters. The van der Waals surface area contributed by atoms with Crippen LogP contribution in [0, 0.1) is 12.3 Å². The average Bonchev–Trinajstić information content (AvgIpc) is 3.11. The van der Waals surface area contributed by atoms with E-state index < -0.39 is 6.04 Å². The van der Waals surface area contributed by atoms with Crippen molar-refractivity contribution in [1.82, 2.24) is 10.3 Å². The molecule has 4 rings (SSSR count). The summed E-state index contributed by atoms with van der Waals surface area (Å²) in [5.41, 5.74) is 5.80. The van der Waals surface area contributed by atoms with Gasteiger partial charge in [0.1, 0.15) is 11.7 Å². The normalized spacial score (nSPS) is 17.5. The van der Waals surface area contributed by atoms with Gasteiger partial charge in [-0.1, -0.05) is 45.7 Å². The summed E-state index contributed by atoms with van der Waals surface area (Å²) in [6.07, 6.45) is 7.84.